The van der Waals surface area contributed by atoms with Crippen molar-refractivity contribution in [2.45, 2.75) is 33.6 Å². The maximum Gasteiger partial charge on any atom is 0.161 e. The molecule has 1 atom stereocenters. The molecule has 22 heavy (non-hydrogen) atoms. The number of carbonyl (C=O) groups is 1. The van der Waals surface area contributed by atoms with Crippen LogP contribution in [0.4, 0.5) is 0 Å². The van der Waals surface area contributed by atoms with Gasteiger partial charge in [-0.05, 0) is 56.8 Å². The van der Waals surface area contributed by atoms with Crippen LogP contribution in [0.5, 0.6) is 0 Å². The number of nitrogens with one attached hydrogen (secondary N) is 2. The van der Waals surface area contributed by atoms with E-state index in [9.17, 15) is 4.79 Å². The van der Waals surface area contributed by atoms with Gasteiger partial charge in [0.25, 0.3) is 0 Å². The van der Waals surface area contributed by atoms with Gasteiger partial charge in [0.15, 0.2) is 5.78 Å². The van der Waals surface area contributed by atoms with Gasteiger partial charge in [0.2, 0.25) is 0 Å². The smallest absolute Gasteiger partial charge is 0.161 e. The van der Waals surface area contributed by atoms with Crippen LogP contribution in [0, 0.1) is 20.8 Å². The molecule has 0 bridgehead atoms. The molecule has 0 aliphatic carbocycles. The van der Waals surface area contributed by atoms with Gasteiger partial charge in [-0.3, -0.25) is 4.79 Å². The van der Waals surface area contributed by atoms with Crippen molar-refractivity contribution < 1.29 is 4.79 Å². The molecule has 0 aromatic carbocycles. The van der Waals surface area contributed by atoms with Gasteiger partial charge in [-0.25, -0.2) is 0 Å². The van der Waals surface area contributed by atoms with Crippen LogP contribution in [0.2, 0.25) is 0 Å². The molecule has 0 spiro atoms. The van der Waals surface area contributed by atoms with Gasteiger partial charge in [0, 0.05) is 33.2 Å². The number of Topliss-reactive ketones (excluding diaryl/α,β-unsaturated/α-hetero) is 1. The lowest BCUT2D eigenvalue weighted by Crippen LogP contribution is -2.05. The molecule has 3 nitrogen and oxygen atoms in total. The monoisotopic (exact) mass is 312 g/mol. The third kappa shape index (κ3) is 2.44. The molecule has 0 saturated carbocycles. The second-order valence-corrected chi connectivity index (χ2v) is 6.74. The zero-order valence-corrected chi connectivity index (χ0v) is 14.1. The van der Waals surface area contributed by atoms with Crippen LogP contribution in [0.1, 0.15) is 56.4 Å². The molecule has 114 valence electrons. The summed E-state index contributed by atoms with van der Waals surface area (Å²) >= 11 is 1.74. The number of aromatic amines is 2. The van der Waals surface area contributed by atoms with Gasteiger partial charge in [0.05, 0.1) is 5.92 Å². The Morgan fingerprint density at radius 2 is 1.91 bits per heavy atom. The van der Waals surface area contributed by atoms with E-state index in [1.165, 1.54) is 4.88 Å². The van der Waals surface area contributed by atoms with Gasteiger partial charge < -0.3 is 9.97 Å². The van der Waals surface area contributed by atoms with Crippen LogP contribution in [0.15, 0.2) is 29.6 Å². The lowest BCUT2D eigenvalue weighted by molar-refractivity contribution is 0.101. The predicted octanol–water partition coefficient (Wildman–Crippen LogP) is 4.71. The third-order valence-corrected chi connectivity index (χ3v) is 5.05. The van der Waals surface area contributed by atoms with Gasteiger partial charge >= 0.3 is 0 Å². The fourth-order valence-corrected chi connectivity index (χ4v) is 4.04. The zero-order valence-electron chi connectivity index (χ0n) is 13.3. The Morgan fingerprint density at radius 1 is 1.14 bits per heavy atom. The number of hydrogen-bond donors (Lipinski definition) is 2. The van der Waals surface area contributed by atoms with Crippen molar-refractivity contribution in [1.82, 2.24) is 9.97 Å². The van der Waals surface area contributed by atoms with Crippen LogP contribution in [-0.4, -0.2) is 15.8 Å². The molecule has 0 radical (unpaired) electrons. The van der Waals surface area contributed by atoms with Gasteiger partial charge in [-0.15, -0.1) is 11.3 Å². The average Bonchev–Trinajstić information content (AvgIpc) is 3.14. The Morgan fingerprint density at radius 3 is 2.41 bits per heavy atom. The SMILES string of the molecule is CC(=O)c1c(C)[nH]c(C(c2ccc(C)[nH]2)c2cccs2)c1C. The van der Waals surface area contributed by atoms with Gasteiger partial charge in [-0.1, -0.05) is 6.07 Å². The number of thiophene rings is 1. The Balaban J connectivity index is 2.19. The first-order valence-electron chi connectivity index (χ1n) is 7.38. The lowest BCUT2D eigenvalue weighted by atomic mass is 9.95. The number of rotatable bonds is 4. The Hall–Kier alpha value is -2.07. The average molecular weight is 312 g/mol. The van der Waals surface area contributed by atoms with Crippen molar-refractivity contribution in [1.29, 1.82) is 0 Å². The summed E-state index contributed by atoms with van der Waals surface area (Å²) in [5.41, 5.74) is 6.22. The largest absolute Gasteiger partial charge is 0.362 e. The van der Waals surface area contributed by atoms with Crippen LogP contribution in [0.25, 0.3) is 0 Å². The number of H-pyrrole nitrogens is 2. The van der Waals surface area contributed by atoms with Crippen molar-refractivity contribution in [3.8, 4) is 0 Å². The molecule has 3 aromatic heterocycles. The molecule has 2 N–H and O–H groups in total. The lowest BCUT2D eigenvalue weighted by Gasteiger charge is -2.15. The standard InChI is InChI=1S/C18H20N2OS/c1-10-7-8-14(19-10)17(15-6-5-9-22-15)18-11(2)16(13(4)21)12(3)20-18/h5-9,17,19-20H,1-4H3. The summed E-state index contributed by atoms with van der Waals surface area (Å²) in [7, 11) is 0. The molecule has 4 heteroatoms. The van der Waals surface area contributed by atoms with E-state index in [1.54, 1.807) is 18.3 Å². The van der Waals surface area contributed by atoms with E-state index in [-0.39, 0.29) is 11.7 Å². The minimum absolute atomic E-state index is 0.112. The highest BCUT2D eigenvalue weighted by molar-refractivity contribution is 7.10. The highest BCUT2D eigenvalue weighted by Crippen LogP contribution is 2.37. The summed E-state index contributed by atoms with van der Waals surface area (Å²) in [6.45, 7) is 7.69. The molecule has 3 rings (SSSR count). The van der Waals surface area contributed by atoms with Crippen LogP contribution >= 0.6 is 11.3 Å². The molecule has 3 aromatic rings. The van der Waals surface area contributed by atoms with Crippen LogP contribution in [0.3, 0.4) is 0 Å². The third-order valence-electron chi connectivity index (χ3n) is 4.11. The first-order valence-corrected chi connectivity index (χ1v) is 8.26. The normalized spacial score (nSPS) is 12.5. The van der Waals surface area contributed by atoms with Crippen molar-refractivity contribution in [2.24, 2.45) is 0 Å². The van der Waals surface area contributed by atoms with Crippen molar-refractivity contribution in [2.75, 3.05) is 0 Å². The second-order valence-electron chi connectivity index (χ2n) is 5.76. The predicted molar refractivity (Wildman–Crippen MR) is 91.1 cm³/mol. The maximum absolute atomic E-state index is 11.9. The molecule has 0 saturated heterocycles. The van der Waals surface area contributed by atoms with Crippen LogP contribution < -0.4 is 0 Å². The summed E-state index contributed by atoms with van der Waals surface area (Å²) in [6.07, 6.45) is 0. The summed E-state index contributed by atoms with van der Waals surface area (Å²) in [6, 6.07) is 8.43. The number of aryl methyl sites for hydroxylation is 2. The maximum atomic E-state index is 11.9. The van der Waals surface area contributed by atoms with Crippen LogP contribution in [-0.2, 0) is 0 Å². The summed E-state index contributed by atoms with van der Waals surface area (Å²) < 4.78 is 0. The topological polar surface area (TPSA) is 48.6 Å². The van der Waals surface area contributed by atoms with Crippen molar-refractivity contribution in [3.05, 3.63) is 68.4 Å². The molecule has 1 unspecified atom stereocenters. The Bertz CT molecular complexity index is 808. The number of ketones is 1. The molecule has 0 fully saturated rings. The first kappa shape index (κ1) is 14.9. The van der Waals surface area contributed by atoms with E-state index in [0.29, 0.717) is 0 Å². The van der Waals surface area contributed by atoms with E-state index < -0.39 is 0 Å². The fraction of sp³-hybridized carbons (Fsp3) is 0.278. The summed E-state index contributed by atoms with van der Waals surface area (Å²) in [5, 5.41) is 2.09. The van der Waals surface area contributed by atoms with Gasteiger partial charge in [0.1, 0.15) is 0 Å². The zero-order chi connectivity index (χ0) is 15.9. The second kappa shape index (κ2) is 5.61. The Kier molecular flexibility index (Phi) is 3.79. The Labute approximate surface area is 134 Å². The van der Waals surface area contributed by atoms with E-state index in [0.717, 1.165) is 33.9 Å². The minimum atomic E-state index is 0.112. The van der Waals surface area contributed by atoms with Crippen molar-refractivity contribution >= 4 is 17.1 Å². The highest BCUT2D eigenvalue weighted by Gasteiger charge is 2.26. The molecule has 0 aliphatic heterocycles. The molecule has 0 amide bonds. The minimum Gasteiger partial charge on any atom is -0.362 e. The van der Waals surface area contributed by atoms with E-state index in [4.69, 9.17) is 0 Å². The molecular formula is C18H20N2OS. The van der Waals surface area contributed by atoms with E-state index >= 15 is 0 Å². The number of aromatic nitrogens is 2. The summed E-state index contributed by atoms with van der Waals surface area (Å²) in [4.78, 5) is 20.1. The first-order chi connectivity index (χ1) is 10.5. The van der Waals surface area contributed by atoms with Gasteiger partial charge in [-0.2, -0.15) is 0 Å². The fourth-order valence-electron chi connectivity index (χ4n) is 3.19. The van der Waals surface area contributed by atoms with E-state index in [2.05, 4.69) is 46.5 Å². The quantitative estimate of drug-likeness (QED) is 0.673. The number of hydrogen-bond acceptors (Lipinski definition) is 2. The molecule has 3 heterocycles. The summed E-state index contributed by atoms with van der Waals surface area (Å²) in [5.74, 6) is 0.227. The highest BCUT2D eigenvalue weighted by atomic mass is 32.1. The van der Waals surface area contributed by atoms with E-state index in [1.807, 2.05) is 13.8 Å². The van der Waals surface area contributed by atoms with Crippen molar-refractivity contribution in [3.63, 3.8) is 0 Å². The number of carbonyl (C=O) groups excluding carboxylic acids is 1. The molecular weight excluding hydrogens is 292 g/mol. The molecule has 0 aliphatic rings.